The molecule has 0 amide bonds. The van der Waals surface area contributed by atoms with E-state index in [-0.39, 0.29) is 18.0 Å². The van der Waals surface area contributed by atoms with E-state index in [0.29, 0.717) is 28.2 Å². The van der Waals surface area contributed by atoms with E-state index in [1.54, 1.807) is 23.7 Å². The summed E-state index contributed by atoms with van der Waals surface area (Å²) in [5.41, 5.74) is 4.88. The molecule has 5 aromatic rings. The van der Waals surface area contributed by atoms with Gasteiger partial charge in [0.25, 0.3) is 5.56 Å². The lowest BCUT2D eigenvalue weighted by Gasteiger charge is -2.22. The van der Waals surface area contributed by atoms with Gasteiger partial charge >= 0.3 is 5.97 Å². The lowest BCUT2D eigenvalue weighted by atomic mass is 9.86. The van der Waals surface area contributed by atoms with Gasteiger partial charge < -0.3 is 4.74 Å². The van der Waals surface area contributed by atoms with Gasteiger partial charge in [0.2, 0.25) is 0 Å². The molecule has 0 atom stereocenters. The number of aromatic nitrogens is 3. The average molecular weight is 498 g/mol. The van der Waals surface area contributed by atoms with Crippen LogP contribution in [-0.2, 0) is 17.8 Å². The number of rotatable bonds is 4. The summed E-state index contributed by atoms with van der Waals surface area (Å²) in [7, 11) is 0. The number of thiazole rings is 1. The van der Waals surface area contributed by atoms with Crippen molar-refractivity contribution in [1.29, 1.82) is 0 Å². The topological polar surface area (TPSA) is 73.6 Å². The van der Waals surface area contributed by atoms with Gasteiger partial charge in [-0.25, -0.2) is 19.2 Å². The zero-order chi connectivity index (χ0) is 24.6. The number of pyridine rings is 1. The van der Waals surface area contributed by atoms with Crippen LogP contribution in [0.15, 0.2) is 71.0 Å². The molecule has 0 unspecified atom stereocenters. The number of allylic oxidation sites excluding steroid dienone is 1. The molecule has 2 aromatic carbocycles. The van der Waals surface area contributed by atoms with E-state index in [2.05, 4.69) is 4.98 Å². The Labute approximate surface area is 209 Å². The molecule has 0 N–H and O–H groups in total. The number of esters is 1. The lowest BCUT2D eigenvalue weighted by molar-refractivity contribution is 0.0468. The van der Waals surface area contributed by atoms with E-state index < -0.39 is 5.97 Å². The van der Waals surface area contributed by atoms with Crippen LogP contribution in [0.3, 0.4) is 0 Å². The van der Waals surface area contributed by atoms with Crippen molar-refractivity contribution in [2.24, 2.45) is 0 Å². The second kappa shape index (κ2) is 9.13. The summed E-state index contributed by atoms with van der Waals surface area (Å²) in [6, 6.07) is 15.2. The SMILES string of the molecule is O=C(OCc1cc(=O)n2ccsc2n1)c1c2c(nc3ccccc13)/C(=C/c1ccc(F)cc1)CCC2. The van der Waals surface area contributed by atoms with Gasteiger partial charge in [-0.1, -0.05) is 30.3 Å². The largest absolute Gasteiger partial charge is 0.456 e. The zero-order valence-corrected chi connectivity index (χ0v) is 19.9. The van der Waals surface area contributed by atoms with Crippen molar-refractivity contribution in [3.05, 3.63) is 110 Å². The van der Waals surface area contributed by atoms with Crippen LogP contribution in [0, 0.1) is 5.82 Å². The van der Waals surface area contributed by atoms with Crippen molar-refractivity contribution >= 4 is 44.8 Å². The van der Waals surface area contributed by atoms with E-state index in [0.717, 1.165) is 40.6 Å². The second-order valence-corrected chi connectivity index (χ2v) is 9.50. The number of nitrogens with zero attached hydrogens (tertiary/aromatic N) is 3. The number of halogens is 1. The minimum absolute atomic E-state index is 0.105. The predicted octanol–water partition coefficient (Wildman–Crippen LogP) is 5.68. The molecule has 0 spiro atoms. The molecular weight excluding hydrogens is 477 g/mol. The highest BCUT2D eigenvalue weighted by molar-refractivity contribution is 7.15. The van der Waals surface area contributed by atoms with Crippen molar-refractivity contribution in [2.75, 3.05) is 0 Å². The maximum atomic E-state index is 13.5. The Balaban J connectivity index is 1.40. The van der Waals surface area contributed by atoms with Crippen LogP contribution in [0.5, 0.6) is 0 Å². The number of hydrogen-bond acceptors (Lipinski definition) is 6. The minimum atomic E-state index is -0.471. The summed E-state index contributed by atoms with van der Waals surface area (Å²) in [5.74, 6) is -0.758. The van der Waals surface area contributed by atoms with Gasteiger partial charge in [0, 0.05) is 23.0 Å². The molecule has 6 rings (SSSR count). The van der Waals surface area contributed by atoms with Crippen molar-refractivity contribution < 1.29 is 13.9 Å². The number of carbonyl (C=O) groups is 1. The summed E-state index contributed by atoms with van der Waals surface area (Å²) in [6.45, 7) is -0.105. The Morgan fingerprint density at radius 1 is 1.11 bits per heavy atom. The summed E-state index contributed by atoms with van der Waals surface area (Å²) in [6.07, 6.45) is 6.02. The molecule has 36 heavy (non-hydrogen) atoms. The molecule has 8 heteroatoms. The van der Waals surface area contributed by atoms with Crippen LogP contribution >= 0.6 is 11.3 Å². The van der Waals surface area contributed by atoms with Crippen LogP contribution in [0.25, 0.3) is 27.5 Å². The molecular formula is C28H20FN3O3S. The Morgan fingerprint density at radius 2 is 1.94 bits per heavy atom. The van der Waals surface area contributed by atoms with Crippen LogP contribution in [0.4, 0.5) is 4.39 Å². The summed E-state index contributed by atoms with van der Waals surface area (Å²) >= 11 is 1.34. The maximum absolute atomic E-state index is 13.5. The normalized spacial score (nSPS) is 14.3. The van der Waals surface area contributed by atoms with Gasteiger partial charge in [-0.2, -0.15) is 0 Å². The van der Waals surface area contributed by atoms with Crippen molar-refractivity contribution in [2.45, 2.75) is 25.9 Å². The third-order valence-electron chi connectivity index (χ3n) is 6.29. The predicted molar refractivity (Wildman–Crippen MR) is 137 cm³/mol. The molecule has 178 valence electrons. The van der Waals surface area contributed by atoms with E-state index in [4.69, 9.17) is 9.72 Å². The van der Waals surface area contributed by atoms with Crippen molar-refractivity contribution in [3.63, 3.8) is 0 Å². The molecule has 0 saturated heterocycles. The van der Waals surface area contributed by atoms with Crippen LogP contribution < -0.4 is 5.56 Å². The molecule has 0 fully saturated rings. The van der Waals surface area contributed by atoms with Gasteiger partial charge in [-0.05, 0) is 60.2 Å². The summed E-state index contributed by atoms with van der Waals surface area (Å²) in [4.78, 5) is 35.7. The third kappa shape index (κ3) is 4.09. The van der Waals surface area contributed by atoms with Crippen LogP contribution in [0.1, 0.15) is 45.7 Å². The van der Waals surface area contributed by atoms with E-state index in [1.165, 1.54) is 33.9 Å². The molecule has 3 heterocycles. The first-order chi connectivity index (χ1) is 17.6. The summed E-state index contributed by atoms with van der Waals surface area (Å²) < 4.78 is 20.5. The fourth-order valence-electron chi connectivity index (χ4n) is 4.64. The van der Waals surface area contributed by atoms with Crippen molar-refractivity contribution in [1.82, 2.24) is 14.4 Å². The molecule has 0 aliphatic heterocycles. The molecule has 1 aliphatic rings. The van der Waals surface area contributed by atoms with E-state index in [9.17, 15) is 14.0 Å². The highest BCUT2D eigenvalue weighted by atomic mass is 32.1. The molecule has 6 nitrogen and oxygen atoms in total. The number of carbonyl (C=O) groups excluding carboxylic acids is 1. The Bertz CT molecular complexity index is 1720. The van der Waals surface area contributed by atoms with Crippen LogP contribution in [-0.4, -0.2) is 20.3 Å². The minimum Gasteiger partial charge on any atom is -0.456 e. The Hall–Kier alpha value is -4.17. The highest BCUT2D eigenvalue weighted by Crippen LogP contribution is 2.36. The van der Waals surface area contributed by atoms with Gasteiger partial charge in [0.15, 0.2) is 4.96 Å². The fourth-order valence-corrected chi connectivity index (χ4v) is 5.38. The monoisotopic (exact) mass is 497 g/mol. The summed E-state index contributed by atoms with van der Waals surface area (Å²) in [5, 5.41) is 2.51. The highest BCUT2D eigenvalue weighted by Gasteiger charge is 2.26. The first-order valence-corrected chi connectivity index (χ1v) is 12.5. The molecule has 0 saturated carbocycles. The molecule has 0 radical (unpaired) electrons. The number of hydrogen-bond donors (Lipinski definition) is 0. The lowest BCUT2D eigenvalue weighted by Crippen LogP contribution is -2.17. The number of benzene rings is 2. The standard InChI is InChI=1S/C28H20FN3O3S/c29-19-10-8-17(9-11-19)14-18-4-3-6-22-25(21-5-1-2-7-23(21)31-26(18)22)27(34)35-16-20-15-24(33)32-12-13-36-28(32)30-20/h1-2,5,7-15H,3-4,6,16H2/b18-14+. The fraction of sp³-hybridized carbons (Fsp3) is 0.143. The van der Waals surface area contributed by atoms with Gasteiger partial charge in [0.1, 0.15) is 12.4 Å². The Morgan fingerprint density at radius 3 is 2.81 bits per heavy atom. The smallest absolute Gasteiger partial charge is 0.339 e. The number of ether oxygens (including phenoxy) is 1. The first kappa shape index (κ1) is 22.3. The molecule has 3 aromatic heterocycles. The van der Waals surface area contributed by atoms with Gasteiger partial charge in [-0.15, -0.1) is 11.3 Å². The third-order valence-corrected chi connectivity index (χ3v) is 7.05. The Kier molecular flexibility index (Phi) is 5.65. The van der Waals surface area contributed by atoms with Gasteiger partial charge in [0.05, 0.1) is 22.5 Å². The van der Waals surface area contributed by atoms with Gasteiger partial charge in [-0.3, -0.25) is 9.20 Å². The average Bonchev–Trinajstić information content (AvgIpc) is 3.37. The van der Waals surface area contributed by atoms with E-state index in [1.807, 2.05) is 30.3 Å². The number of fused-ring (bicyclic) bond motifs is 3. The second-order valence-electron chi connectivity index (χ2n) is 8.62. The van der Waals surface area contributed by atoms with Crippen LogP contribution in [0.2, 0.25) is 0 Å². The molecule has 0 bridgehead atoms. The zero-order valence-electron chi connectivity index (χ0n) is 19.1. The maximum Gasteiger partial charge on any atom is 0.339 e. The first-order valence-electron chi connectivity index (χ1n) is 11.6. The number of para-hydroxylation sites is 1. The van der Waals surface area contributed by atoms with E-state index >= 15 is 0 Å². The van der Waals surface area contributed by atoms with Crippen molar-refractivity contribution in [3.8, 4) is 0 Å². The molecule has 1 aliphatic carbocycles. The quantitative estimate of drug-likeness (QED) is 0.299.